The number of anilines is 1. The number of imide groups is 1. The summed E-state index contributed by atoms with van der Waals surface area (Å²) in [5.74, 6) is -0.943. The van der Waals surface area contributed by atoms with Crippen molar-refractivity contribution in [3.63, 3.8) is 0 Å². The van der Waals surface area contributed by atoms with Gasteiger partial charge < -0.3 is 11.1 Å². The second-order valence-electron chi connectivity index (χ2n) is 6.52. The fraction of sp³-hybridized carbons (Fsp3) is 0.0476. The molecule has 4 rings (SSSR count). The third-order valence-corrected chi connectivity index (χ3v) is 5.50. The zero-order chi connectivity index (χ0) is 21.3. The van der Waals surface area contributed by atoms with Gasteiger partial charge in [-0.1, -0.05) is 24.3 Å². The van der Waals surface area contributed by atoms with E-state index in [2.05, 4.69) is 10.4 Å². The molecule has 2 aromatic carbocycles. The molecule has 2 aromatic heterocycles. The highest BCUT2D eigenvalue weighted by molar-refractivity contribution is 7.20. The number of nitrogens with zero attached hydrogens (tertiary/aromatic N) is 2. The Balaban J connectivity index is 1.60. The molecule has 0 saturated carbocycles. The Kier molecular flexibility index (Phi) is 5.03. The predicted molar refractivity (Wildman–Crippen MR) is 115 cm³/mol. The van der Waals surface area contributed by atoms with Crippen molar-refractivity contribution < 1.29 is 14.4 Å². The van der Waals surface area contributed by atoms with E-state index < -0.39 is 11.9 Å². The predicted octanol–water partition coefficient (Wildman–Crippen LogP) is 3.46. The minimum Gasteiger partial charge on any atom is -0.351 e. The lowest BCUT2D eigenvalue weighted by Crippen LogP contribution is -2.34. The lowest BCUT2D eigenvalue weighted by atomic mass is 10.2. The zero-order valence-corrected chi connectivity index (χ0v) is 16.7. The van der Waals surface area contributed by atoms with Crippen molar-refractivity contribution in [2.75, 3.05) is 5.32 Å². The number of primary amides is 1. The number of urea groups is 1. The van der Waals surface area contributed by atoms with Crippen molar-refractivity contribution in [2.24, 2.45) is 5.73 Å². The molecule has 150 valence electrons. The van der Waals surface area contributed by atoms with Crippen LogP contribution in [0.1, 0.15) is 25.7 Å². The molecule has 30 heavy (non-hydrogen) atoms. The Hall–Kier alpha value is -3.98. The summed E-state index contributed by atoms with van der Waals surface area (Å²) in [6, 6.07) is 16.8. The summed E-state index contributed by atoms with van der Waals surface area (Å²) in [5.41, 5.74) is 7.35. The van der Waals surface area contributed by atoms with E-state index in [4.69, 9.17) is 5.73 Å². The molecule has 0 atom stereocenters. The number of carbonyl (C=O) groups is 3. The first-order chi connectivity index (χ1) is 14.4. The van der Waals surface area contributed by atoms with E-state index in [1.807, 2.05) is 47.3 Å². The first-order valence-corrected chi connectivity index (χ1v) is 9.81. The molecule has 0 aliphatic rings. The van der Waals surface area contributed by atoms with Crippen LogP contribution in [0.5, 0.6) is 0 Å². The van der Waals surface area contributed by atoms with E-state index >= 15 is 0 Å². The average molecular weight is 419 g/mol. The van der Waals surface area contributed by atoms with Crippen LogP contribution in [0.15, 0.2) is 60.7 Å². The molecule has 9 heteroatoms. The van der Waals surface area contributed by atoms with Gasteiger partial charge >= 0.3 is 6.03 Å². The number of nitrogens with one attached hydrogen (secondary N) is 2. The molecule has 0 aliphatic carbocycles. The highest BCUT2D eigenvalue weighted by atomic mass is 32.1. The second-order valence-corrected chi connectivity index (χ2v) is 7.55. The molecular weight excluding hydrogens is 402 g/mol. The minimum atomic E-state index is -0.942. The Morgan fingerprint density at radius 2 is 1.77 bits per heavy atom. The average Bonchev–Trinajstić information content (AvgIpc) is 3.29. The Morgan fingerprint density at radius 3 is 2.50 bits per heavy atom. The maximum absolute atomic E-state index is 12.8. The van der Waals surface area contributed by atoms with Gasteiger partial charge in [0.2, 0.25) is 0 Å². The van der Waals surface area contributed by atoms with E-state index in [1.54, 1.807) is 18.2 Å². The smallest absolute Gasteiger partial charge is 0.319 e. The first kappa shape index (κ1) is 19.3. The van der Waals surface area contributed by atoms with Crippen LogP contribution in [0.3, 0.4) is 0 Å². The summed E-state index contributed by atoms with van der Waals surface area (Å²) in [7, 11) is 0. The van der Waals surface area contributed by atoms with Crippen molar-refractivity contribution in [1.82, 2.24) is 15.1 Å². The molecule has 0 radical (unpaired) electrons. The topological polar surface area (TPSA) is 119 Å². The quantitative estimate of drug-likeness (QED) is 0.469. The van der Waals surface area contributed by atoms with Gasteiger partial charge in [0.15, 0.2) is 0 Å². The number of hydrogen-bond donors (Lipinski definition) is 3. The van der Waals surface area contributed by atoms with Crippen LogP contribution in [0, 0.1) is 6.92 Å². The summed E-state index contributed by atoms with van der Waals surface area (Å²) in [6.45, 7) is 1.90. The van der Waals surface area contributed by atoms with Crippen molar-refractivity contribution in [2.45, 2.75) is 6.92 Å². The third kappa shape index (κ3) is 3.78. The standard InChI is InChI=1S/C21H17N5O3S/c1-12-16-11-17(30-20(16)26(25-12)15-8-3-2-4-9-15)19(28)23-14-7-5-6-13(10-14)18(27)24-21(22)29/h2-11H,1H3,(H,23,28)(H3,22,24,27,29). The SMILES string of the molecule is Cc1nn(-c2ccccc2)c2sc(C(=O)Nc3cccc(C(=O)NC(N)=O)c3)cc12. The van der Waals surface area contributed by atoms with Crippen molar-refractivity contribution >= 4 is 45.1 Å². The highest BCUT2D eigenvalue weighted by Crippen LogP contribution is 2.30. The fourth-order valence-corrected chi connectivity index (χ4v) is 4.10. The van der Waals surface area contributed by atoms with Gasteiger partial charge in [-0.05, 0) is 43.3 Å². The molecular formula is C21H17N5O3S. The monoisotopic (exact) mass is 419 g/mol. The van der Waals surface area contributed by atoms with Gasteiger partial charge in [-0.15, -0.1) is 11.3 Å². The molecule has 0 spiro atoms. The van der Waals surface area contributed by atoms with Crippen molar-refractivity contribution in [3.8, 4) is 5.69 Å². The largest absolute Gasteiger partial charge is 0.351 e. The Bertz CT molecular complexity index is 1280. The molecule has 0 fully saturated rings. The van der Waals surface area contributed by atoms with Crippen LogP contribution in [0.4, 0.5) is 10.5 Å². The van der Waals surface area contributed by atoms with Gasteiger partial charge in [-0.3, -0.25) is 14.9 Å². The van der Waals surface area contributed by atoms with E-state index in [1.165, 1.54) is 23.5 Å². The number of thiophene rings is 1. The van der Waals surface area contributed by atoms with Gasteiger partial charge in [0.25, 0.3) is 11.8 Å². The Labute approximate surface area is 175 Å². The molecule has 4 amide bonds. The molecule has 0 unspecified atom stereocenters. The van der Waals surface area contributed by atoms with Crippen LogP contribution < -0.4 is 16.4 Å². The van der Waals surface area contributed by atoms with Crippen LogP contribution >= 0.6 is 11.3 Å². The number of carbonyl (C=O) groups excluding carboxylic acids is 3. The number of hydrogen-bond acceptors (Lipinski definition) is 5. The number of aryl methyl sites for hydroxylation is 1. The minimum absolute atomic E-state index is 0.207. The number of benzene rings is 2. The van der Waals surface area contributed by atoms with Gasteiger partial charge in [-0.2, -0.15) is 5.10 Å². The summed E-state index contributed by atoms with van der Waals surface area (Å²) < 4.78 is 1.82. The van der Waals surface area contributed by atoms with Crippen LogP contribution in [0.25, 0.3) is 15.9 Å². The molecule has 8 nitrogen and oxygen atoms in total. The van der Waals surface area contributed by atoms with Gasteiger partial charge in [0.1, 0.15) is 4.83 Å². The number of para-hydroxylation sites is 1. The maximum Gasteiger partial charge on any atom is 0.319 e. The van der Waals surface area contributed by atoms with E-state index in [0.29, 0.717) is 10.6 Å². The van der Waals surface area contributed by atoms with Crippen LogP contribution in [-0.2, 0) is 0 Å². The Morgan fingerprint density at radius 1 is 1.00 bits per heavy atom. The number of nitrogens with two attached hydrogens (primary N) is 1. The van der Waals surface area contributed by atoms with Crippen LogP contribution in [0.2, 0.25) is 0 Å². The van der Waals surface area contributed by atoms with Crippen LogP contribution in [-0.4, -0.2) is 27.6 Å². The lowest BCUT2D eigenvalue weighted by Gasteiger charge is -2.06. The van der Waals surface area contributed by atoms with Gasteiger partial charge in [-0.25, -0.2) is 9.48 Å². The summed E-state index contributed by atoms with van der Waals surface area (Å²) >= 11 is 1.33. The van der Waals surface area contributed by atoms with Gasteiger partial charge in [0.05, 0.1) is 16.3 Å². The van der Waals surface area contributed by atoms with Gasteiger partial charge in [0, 0.05) is 16.6 Å². The van der Waals surface area contributed by atoms with E-state index in [-0.39, 0.29) is 11.5 Å². The number of amides is 4. The maximum atomic E-state index is 12.8. The van der Waals surface area contributed by atoms with Crippen molar-refractivity contribution in [1.29, 1.82) is 0 Å². The first-order valence-electron chi connectivity index (χ1n) is 8.99. The fourth-order valence-electron chi connectivity index (χ4n) is 3.02. The van der Waals surface area contributed by atoms with Crippen molar-refractivity contribution in [3.05, 3.63) is 76.8 Å². The third-order valence-electron chi connectivity index (χ3n) is 4.39. The lowest BCUT2D eigenvalue weighted by molar-refractivity contribution is 0.0964. The number of rotatable bonds is 4. The van der Waals surface area contributed by atoms with E-state index in [0.717, 1.165) is 21.6 Å². The highest BCUT2D eigenvalue weighted by Gasteiger charge is 2.18. The molecule has 2 heterocycles. The molecule has 4 N–H and O–H groups in total. The number of fused-ring (bicyclic) bond motifs is 1. The normalized spacial score (nSPS) is 10.7. The zero-order valence-electron chi connectivity index (χ0n) is 15.9. The summed E-state index contributed by atoms with van der Waals surface area (Å²) in [4.78, 5) is 37.0. The molecule has 0 saturated heterocycles. The number of aromatic nitrogens is 2. The molecule has 4 aromatic rings. The summed E-state index contributed by atoms with van der Waals surface area (Å²) in [5, 5.41) is 10.3. The molecule has 0 aliphatic heterocycles. The van der Waals surface area contributed by atoms with E-state index in [9.17, 15) is 14.4 Å². The summed E-state index contributed by atoms with van der Waals surface area (Å²) in [6.07, 6.45) is 0. The second kappa shape index (κ2) is 7.80. The molecule has 0 bridgehead atoms.